The molecule has 4 N–H and O–H groups in total. The average Bonchev–Trinajstić information content (AvgIpc) is 2.36. The van der Waals surface area contributed by atoms with E-state index in [0.29, 0.717) is 10.7 Å². The maximum Gasteiger partial charge on any atom is 0.337 e. The van der Waals surface area contributed by atoms with Gasteiger partial charge < -0.3 is 16.2 Å². The lowest BCUT2D eigenvalue weighted by Crippen LogP contribution is -2.05. The van der Waals surface area contributed by atoms with Gasteiger partial charge in [0.2, 0.25) is 0 Å². The third-order valence-electron chi connectivity index (χ3n) is 2.53. The third-order valence-corrected chi connectivity index (χ3v) is 2.77. The molecule has 0 aliphatic carbocycles. The van der Waals surface area contributed by atoms with Gasteiger partial charge in [-0.2, -0.15) is 0 Å². The largest absolute Gasteiger partial charge is 0.478 e. The fourth-order valence-corrected chi connectivity index (χ4v) is 1.77. The van der Waals surface area contributed by atoms with E-state index in [0.717, 1.165) is 0 Å². The molecule has 0 fully saturated rings. The van der Waals surface area contributed by atoms with E-state index in [4.69, 9.17) is 22.4 Å². The van der Waals surface area contributed by atoms with Crippen LogP contribution in [-0.2, 0) is 0 Å². The minimum absolute atomic E-state index is 0.0365. The van der Waals surface area contributed by atoms with E-state index in [1.165, 1.54) is 30.3 Å². The third kappa shape index (κ3) is 2.77. The highest BCUT2D eigenvalue weighted by atomic mass is 35.5. The number of hydrogen-bond donors (Lipinski definition) is 3. The van der Waals surface area contributed by atoms with E-state index in [-0.39, 0.29) is 16.9 Å². The number of anilines is 3. The van der Waals surface area contributed by atoms with Gasteiger partial charge in [0.15, 0.2) is 0 Å². The first-order valence-corrected chi connectivity index (χ1v) is 5.70. The molecule has 4 nitrogen and oxygen atoms in total. The smallest absolute Gasteiger partial charge is 0.337 e. The van der Waals surface area contributed by atoms with Crippen LogP contribution in [0.4, 0.5) is 21.5 Å². The zero-order chi connectivity index (χ0) is 14.0. The Bertz CT molecular complexity index is 647. The number of hydrogen-bond acceptors (Lipinski definition) is 3. The zero-order valence-electron chi connectivity index (χ0n) is 9.65. The molecular weight excluding hydrogens is 271 g/mol. The number of carboxylic acids is 1. The summed E-state index contributed by atoms with van der Waals surface area (Å²) in [4.78, 5) is 10.9. The van der Waals surface area contributed by atoms with Crippen LogP contribution in [0.2, 0.25) is 5.02 Å². The lowest BCUT2D eigenvalue weighted by molar-refractivity contribution is 0.0698. The molecule has 0 bridgehead atoms. The van der Waals surface area contributed by atoms with Crippen LogP contribution in [0.15, 0.2) is 36.4 Å². The molecule has 0 saturated carbocycles. The van der Waals surface area contributed by atoms with Gasteiger partial charge in [-0.3, -0.25) is 0 Å². The van der Waals surface area contributed by atoms with Crippen molar-refractivity contribution in [2.24, 2.45) is 0 Å². The van der Waals surface area contributed by atoms with Crippen molar-refractivity contribution in [3.63, 3.8) is 0 Å². The predicted molar refractivity (Wildman–Crippen MR) is 72.5 cm³/mol. The molecule has 0 saturated heterocycles. The molecule has 19 heavy (non-hydrogen) atoms. The van der Waals surface area contributed by atoms with Gasteiger partial charge >= 0.3 is 5.97 Å². The first kappa shape index (κ1) is 13.2. The summed E-state index contributed by atoms with van der Waals surface area (Å²) in [5, 5.41) is 12.0. The fourth-order valence-electron chi connectivity index (χ4n) is 1.60. The number of para-hydroxylation sites is 1. The highest BCUT2D eigenvalue weighted by molar-refractivity contribution is 6.30. The average molecular weight is 281 g/mol. The van der Waals surface area contributed by atoms with Crippen LogP contribution in [0.1, 0.15) is 10.4 Å². The minimum atomic E-state index is -1.15. The standard InChI is InChI=1S/C13H10ClFN2O2/c14-7-4-5-9(15)11(6-7)17-10-3-1-2-8(12(10)16)13(18)19/h1-6,17H,16H2,(H,18,19). The molecule has 2 aromatic carbocycles. The van der Waals surface area contributed by atoms with E-state index in [1.54, 1.807) is 6.07 Å². The summed E-state index contributed by atoms with van der Waals surface area (Å²) in [5.41, 5.74) is 6.14. The molecule has 0 aliphatic heterocycles. The van der Waals surface area contributed by atoms with Gasteiger partial charge in [-0.25, -0.2) is 9.18 Å². The van der Waals surface area contributed by atoms with Crippen molar-refractivity contribution in [2.45, 2.75) is 0 Å². The number of halogens is 2. The topological polar surface area (TPSA) is 75.3 Å². The number of carboxylic acid groups (broad SMARTS) is 1. The SMILES string of the molecule is Nc1c(Nc2cc(Cl)ccc2F)cccc1C(=O)O. The molecule has 6 heteroatoms. The summed E-state index contributed by atoms with van der Waals surface area (Å²) in [6.45, 7) is 0. The summed E-state index contributed by atoms with van der Waals surface area (Å²) in [6, 6.07) is 8.47. The van der Waals surface area contributed by atoms with Crippen molar-refractivity contribution in [3.8, 4) is 0 Å². The normalized spacial score (nSPS) is 10.2. The van der Waals surface area contributed by atoms with Gasteiger partial charge in [0.1, 0.15) is 5.82 Å². The first-order chi connectivity index (χ1) is 8.99. The maximum absolute atomic E-state index is 13.6. The van der Waals surface area contributed by atoms with Crippen LogP contribution in [0.25, 0.3) is 0 Å². The Morgan fingerprint density at radius 2 is 2.00 bits per heavy atom. The summed E-state index contributed by atoms with van der Waals surface area (Å²) < 4.78 is 13.6. The van der Waals surface area contributed by atoms with Gasteiger partial charge in [0.25, 0.3) is 0 Å². The van der Waals surface area contributed by atoms with E-state index in [1.807, 2.05) is 0 Å². The monoisotopic (exact) mass is 280 g/mol. The number of benzene rings is 2. The van der Waals surface area contributed by atoms with E-state index in [2.05, 4.69) is 5.32 Å². The molecule has 0 aliphatic rings. The first-order valence-electron chi connectivity index (χ1n) is 5.33. The molecule has 0 spiro atoms. The Balaban J connectivity index is 2.41. The molecule has 2 aromatic rings. The van der Waals surface area contributed by atoms with Crippen LogP contribution >= 0.6 is 11.6 Å². The Morgan fingerprint density at radius 3 is 2.68 bits per heavy atom. The van der Waals surface area contributed by atoms with Crippen molar-refractivity contribution in [1.82, 2.24) is 0 Å². The molecule has 0 atom stereocenters. The van der Waals surface area contributed by atoms with Gasteiger partial charge in [-0.15, -0.1) is 0 Å². The maximum atomic E-state index is 13.6. The molecule has 0 amide bonds. The number of carbonyl (C=O) groups is 1. The van der Waals surface area contributed by atoms with Crippen molar-refractivity contribution in [2.75, 3.05) is 11.1 Å². The predicted octanol–water partition coefficient (Wildman–Crippen LogP) is 3.50. The molecule has 0 heterocycles. The fraction of sp³-hybridized carbons (Fsp3) is 0. The highest BCUT2D eigenvalue weighted by Gasteiger charge is 2.12. The lowest BCUT2D eigenvalue weighted by Gasteiger charge is -2.12. The van der Waals surface area contributed by atoms with Crippen LogP contribution < -0.4 is 11.1 Å². The van der Waals surface area contributed by atoms with Crippen molar-refractivity contribution in [1.29, 1.82) is 0 Å². The number of nitrogens with one attached hydrogen (secondary N) is 1. The molecule has 98 valence electrons. The van der Waals surface area contributed by atoms with Gasteiger partial charge in [-0.05, 0) is 30.3 Å². The van der Waals surface area contributed by atoms with Crippen LogP contribution in [0, 0.1) is 5.82 Å². The molecule has 0 unspecified atom stereocenters. The Hall–Kier alpha value is -2.27. The lowest BCUT2D eigenvalue weighted by atomic mass is 10.1. The zero-order valence-corrected chi connectivity index (χ0v) is 10.4. The number of rotatable bonds is 3. The minimum Gasteiger partial charge on any atom is -0.478 e. The summed E-state index contributed by atoms with van der Waals surface area (Å²) in [6.07, 6.45) is 0. The number of nitrogens with two attached hydrogens (primary N) is 1. The van der Waals surface area contributed by atoms with Gasteiger partial charge in [0.05, 0.1) is 22.6 Å². The van der Waals surface area contributed by atoms with Crippen molar-refractivity contribution >= 4 is 34.6 Å². The second-order valence-corrected chi connectivity index (χ2v) is 4.26. The van der Waals surface area contributed by atoms with Crippen molar-refractivity contribution in [3.05, 3.63) is 52.8 Å². The molecule has 0 aromatic heterocycles. The molecular formula is C13H10ClFN2O2. The van der Waals surface area contributed by atoms with Crippen LogP contribution in [-0.4, -0.2) is 11.1 Å². The number of aromatic carboxylic acids is 1. The quantitative estimate of drug-likeness (QED) is 0.752. The van der Waals surface area contributed by atoms with E-state index in [9.17, 15) is 9.18 Å². The van der Waals surface area contributed by atoms with Crippen LogP contribution in [0.3, 0.4) is 0 Å². The number of nitrogen functional groups attached to an aromatic ring is 1. The second kappa shape index (κ2) is 5.16. The Morgan fingerprint density at radius 1 is 1.26 bits per heavy atom. The highest BCUT2D eigenvalue weighted by Crippen LogP contribution is 2.29. The summed E-state index contributed by atoms with van der Waals surface area (Å²) in [7, 11) is 0. The molecule has 2 rings (SSSR count). The second-order valence-electron chi connectivity index (χ2n) is 3.82. The Kier molecular flexibility index (Phi) is 3.57. The van der Waals surface area contributed by atoms with E-state index < -0.39 is 11.8 Å². The van der Waals surface area contributed by atoms with Gasteiger partial charge in [-0.1, -0.05) is 17.7 Å². The molecule has 0 radical (unpaired) electrons. The van der Waals surface area contributed by atoms with Crippen molar-refractivity contribution < 1.29 is 14.3 Å². The Labute approximate surface area is 113 Å². The summed E-state index contributed by atoms with van der Waals surface area (Å²) >= 11 is 5.77. The van der Waals surface area contributed by atoms with Gasteiger partial charge in [0, 0.05) is 5.02 Å². The van der Waals surface area contributed by atoms with Crippen LogP contribution in [0.5, 0.6) is 0 Å². The van der Waals surface area contributed by atoms with E-state index >= 15 is 0 Å². The summed E-state index contributed by atoms with van der Waals surface area (Å²) in [5.74, 6) is -1.66.